The fourth-order valence-electron chi connectivity index (χ4n) is 2.31. The topological polar surface area (TPSA) is 105 Å². The molecule has 8 heteroatoms. The van der Waals surface area contributed by atoms with Crippen LogP contribution in [0, 0.1) is 0 Å². The Morgan fingerprint density at radius 2 is 2.00 bits per heavy atom. The molecule has 1 heterocycles. The lowest BCUT2D eigenvalue weighted by Gasteiger charge is -2.16. The summed E-state index contributed by atoms with van der Waals surface area (Å²) in [5.41, 5.74) is 6.15. The number of hydrogen-bond donors (Lipinski definition) is 3. The van der Waals surface area contributed by atoms with E-state index in [0.29, 0.717) is 37.3 Å². The Balaban J connectivity index is 0.00000264. The van der Waals surface area contributed by atoms with E-state index in [4.69, 9.17) is 5.73 Å². The Morgan fingerprint density at radius 3 is 2.65 bits per heavy atom. The molecule has 1 aliphatic heterocycles. The number of para-hydroxylation sites is 1. The van der Waals surface area contributed by atoms with Crippen LogP contribution in [0.3, 0.4) is 0 Å². The second-order valence-corrected chi connectivity index (χ2v) is 5.06. The maximum absolute atomic E-state index is 12.0. The highest BCUT2D eigenvalue weighted by Crippen LogP contribution is 2.15. The summed E-state index contributed by atoms with van der Waals surface area (Å²) in [5, 5.41) is 5.35. The van der Waals surface area contributed by atoms with Crippen LogP contribution in [0.15, 0.2) is 24.3 Å². The summed E-state index contributed by atoms with van der Waals surface area (Å²) in [6.45, 7) is 1.32. The average molecular weight is 341 g/mol. The van der Waals surface area contributed by atoms with Crippen molar-refractivity contribution in [1.82, 2.24) is 10.2 Å². The number of carbonyl (C=O) groups is 3. The van der Waals surface area contributed by atoms with Gasteiger partial charge < -0.3 is 21.3 Å². The lowest BCUT2D eigenvalue weighted by atomic mass is 10.1. The van der Waals surface area contributed by atoms with Crippen LogP contribution in [-0.2, 0) is 9.59 Å². The maximum Gasteiger partial charge on any atom is 0.253 e. The Morgan fingerprint density at radius 1 is 1.26 bits per heavy atom. The highest BCUT2D eigenvalue weighted by Gasteiger charge is 2.22. The third kappa shape index (κ3) is 5.22. The molecule has 126 valence electrons. The second-order valence-electron chi connectivity index (χ2n) is 5.06. The van der Waals surface area contributed by atoms with Gasteiger partial charge >= 0.3 is 0 Å². The molecule has 1 aliphatic rings. The molecule has 0 saturated carbocycles. The lowest BCUT2D eigenvalue weighted by Crippen LogP contribution is -2.35. The van der Waals surface area contributed by atoms with Crippen molar-refractivity contribution in [3.63, 3.8) is 0 Å². The molecule has 2 rings (SSSR count). The van der Waals surface area contributed by atoms with Crippen molar-refractivity contribution in [1.29, 1.82) is 0 Å². The molecule has 4 N–H and O–H groups in total. The minimum Gasteiger partial charge on any atom is -0.351 e. The van der Waals surface area contributed by atoms with Crippen molar-refractivity contribution in [3.8, 4) is 0 Å². The van der Waals surface area contributed by atoms with Crippen LogP contribution < -0.4 is 16.4 Å². The van der Waals surface area contributed by atoms with Crippen LogP contribution in [0.1, 0.15) is 23.2 Å². The van der Waals surface area contributed by atoms with Gasteiger partial charge in [-0.25, -0.2) is 0 Å². The molecule has 0 spiro atoms. The second kappa shape index (κ2) is 9.12. The number of halogens is 1. The molecule has 1 fully saturated rings. The third-order valence-corrected chi connectivity index (χ3v) is 3.38. The minimum atomic E-state index is -0.311. The van der Waals surface area contributed by atoms with Crippen LogP contribution in [0.2, 0.25) is 0 Å². The molecule has 1 aromatic carbocycles. The van der Waals surface area contributed by atoms with Gasteiger partial charge in [0.05, 0.1) is 17.8 Å². The van der Waals surface area contributed by atoms with Gasteiger partial charge in [-0.15, -0.1) is 12.4 Å². The zero-order chi connectivity index (χ0) is 15.9. The lowest BCUT2D eigenvalue weighted by molar-refractivity contribution is -0.131. The standard InChI is InChI=1S/C15H20N4O3.ClH/c16-7-8-17-15(22)11-4-1-2-5-12(11)18-13(20)10-19-9-3-6-14(19)21;/h1-2,4-5H,3,6-10,16H2,(H,17,22)(H,18,20);1H. The van der Waals surface area contributed by atoms with Gasteiger partial charge in [-0.2, -0.15) is 0 Å². The Bertz CT molecular complexity index is 580. The first kappa shape index (κ1) is 18.9. The average Bonchev–Trinajstić information content (AvgIpc) is 2.90. The molecule has 0 aromatic heterocycles. The van der Waals surface area contributed by atoms with Crippen LogP contribution in [-0.4, -0.2) is 48.8 Å². The molecule has 7 nitrogen and oxygen atoms in total. The van der Waals surface area contributed by atoms with Gasteiger partial charge in [0, 0.05) is 26.1 Å². The quantitative estimate of drug-likeness (QED) is 0.695. The maximum atomic E-state index is 12.0. The van der Waals surface area contributed by atoms with E-state index in [0.717, 1.165) is 6.42 Å². The highest BCUT2D eigenvalue weighted by molar-refractivity contribution is 6.04. The van der Waals surface area contributed by atoms with Gasteiger partial charge in [-0.1, -0.05) is 12.1 Å². The molecule has 1 aromatic rings. The van der Waals surface area contributed by atoms with Crippen LogP contribution in [0.4, 0.5) is 5.69 Å². The summed E-state index contributed by atoms with van der Waals surface area (Å²) in [6.07, 6.45) is 1.27. The SMILES string of the molecule is Cl.NCCNC(=O)c1ccccc1NC(=O)CN1CCCC1=O. The predicted molar refractivity (Wildman–Crippen MR) is 89.5 cm³/mol. The molecule has 0 atom stereocenters. The summed E-state index contributed by atoms with van der Waals surface area (Å²) < 4.78 is 0. The van der Waals surface area contributed by atoms with E-state index in [2.05, 4.69) is 10.6 Å². The van der Waals surface area contributed by atoms with Crippen molar-refractivity contribution in [2.45, 2.75) is 12.8 Å². The number of nitrogens with zero attached hydrogens (tertiary/aromatic N) is 1. The molecule has 0 aliphatic carbocycles. The molecule has 1 saturated heterocycles. The van der Waals surface area contributed by atoms with Crippen LogP contribution >= 0.6 is 12.4 Å². The predicted octanol–water partition coefficient (Wildman–Crippen LogP) is 0.358. The first-order valence-electron chi connectivity index (χ1n) is 7.26. The number of amides is 3. The summed E-state index contributed by atoms with van der Waals surface area (Å²) in [7, 11) is 0. The van der Waals surface area contributed by atoms with Crippen molar-refractivity contribution >= 4 is 35.8 Å². The summed E-state index contributed by atoms with van der Waals surface area (Å²) in [4.78, 5) is 37.1. The number of anilines is 1. The molecule has 3 amide bonds. The van der Waals surface area contributed by atoms with Crippen molar-refractivity contribution in [3.05, 3.63) is 29.8 Å². The van der Waals surface area contributed by atoms with Gasteiger partial charge in [0.25, 0.3) is 5.91 Å². The Hall–Kier alpha value is -2.12. The summed E-state index contributed by atoms with van der Waals surface area (Å²) in [5.74, 6) is -0.614. The smallest absolute Gasteiger partial charge is 0.253 e. The number of likely N-dealkylation sites (tertiary alicyclic amines) is 1. The van der Waals surface area contributed by atoms with E-state index in [1.165, 1.54) is 4.90 Å². The van der Waals surface area contributed by atoms with Gasteiger partial charge in [-0.05, 0) is 18.6 Å². The first-order chi connectivity index (χ1) is 10.6. The largest absolute Gasteiger partial charge is 0.351 e. The van der Waals surface area contributed by atoms with E-state index >= 15 is 0 Å². The van der Waals surface area contributed by atoms with Gasteiger partial charge in [-0.3, -0.25) is 14.4 Å². The van der Waals surface area contributed by atoms with Crippen molar-refractivity contribution < 1.29 is 14.4 Å². The van der Waals surface area contributed by atoms with E-state index in [1.54, 1.807) is 24.3 Å². The van der Waals surface area contributed by atoms with E-state index in [-0.39, 0.29) is 36.7 Å². The Labute approximate surface area is 141 Å². The number of rotatable bonds is 6. The monoisotopic (exact) mass is 340 g/mol. The van der Waals surface area contributed by atoms with Gasteiger partial charge in [0.15, 0.2) is 0 Å². The van der Waals surface area contributed by atoms with E-state index < -0.39 is 0 Å². The number of hydrogen-bond acceptors (Lipinski definition) is 4. The first-order valence-corrected chi connectivity index (χ1v) is 7.26. The third-order valence-electron chi connectivity index (χ3n) is 3.38. The number of benzene rings is 1. The highest BCUT2D eigenvalue weighted by atomic mass is 35.5. The zero-order valence-electron chi connectivity index (χ0n) is 12.7. The fraction of sp³-hybridized carbons (Fsp3) is 0.400. The fourth-order valence-corrected chi connectivity index (χ4v) is 2.31. The molecule has 0 bridgehead atoms. The molecule has 23 heavy (non-hydrogen) atoms. The number of nitrogens with two attached hydrogens (primary N) is 1. The normalized spacial score (nSPS) is 13.4. The number of carbonyl (C=O) groups excluding carboxylic acids is 3. The van der Waals surface area contributed by atoms with Crippen LogP contribution in [0.5, 0.6) is 0 Å². The summed E-state index contributed by atoms with van der Waals surface area (Å²) in [6, 6.07) is 6.73. The minimum absolute atomic E-state index is 0. The van der Waals surface area contributed by atoms with Crippen molar-refractivity contribution in [2.24, 2.45) is 5.73 Å². The zero-order valence-corrected chi connectivity index (χ0v) is 13.5. The van der Waals surface area contributed by atoms with Crippen molar-refractivity contribution in [2.75, 3.05) is 31.5 Å². The van der Waals surface area contributed by atoms with Crippen LogP contribution in [0.25, 0.3) is 0 Å². The number of nitrogens with one attached hydrogen (secondary N) is 2. The van der Waals surface area contributed by atoms with E-state index in [1.807, 2.05) is 0 Å². The molecule has 0 radical (unpaired) electrons. The molecule has 0 unspecified atom stereocenters. The van der Waals surface area contributed by atoms with E-state index in [9.17, 15) is 14.4 Å². The molecular weight excluding hydrogens is 320 g/mol. The summed E-state index contributed by atoms with van der Waals surface area (Å²) >= 11 is 0. The van der Waals surface area contributed by atoms with Gasteiger partial charge in [0.1, 0.15) is 0 Å². The van der Waals surface area contributed by atoms with Gasteiger partial charge in [0.2, 0.25) is 11.8 Å². The molecular formula is C15H21ClN4O3. The Kier molecular flexibility index (Phi) is 7.50.